The fourth-order valence-electron chi connectivity index (χ4n) is 1.84. The number of hydrogen-bond donors (Lipinski definition) is 0. The van der Waals surface area contributed by atoms with E-state index in [0.717, 1.165) is 0 Å². The van der Waals surface area contributed by atoms with Crippen molar-refractivity contribution >= 4 is 11.9 Å². The monoisotopic (exact) mass is 246 g/mol. The van der Waals surface area contributed by atoms with Crippen LogP contribution in [0.15, 0.2) is 0 Å². The Morgan fingerprint density at radius 2 is 1.76 bits per heavy atom. The predicted octanol–water partition coefficient (Wildman–Crippen LogP) is 0.631. The zero-order valence-electron chi connectivity index (χ0n) is 10.5. The average Bonchev–Trinajstić information content (AvgIpc) is 2.21. The minimum Gasteiger partial charge on any atom is -0.458 e. The van der Waals surface area contributed by atoms with Gasteiger partial charge in [-0.3, -0.25) is 9.59 Å². The second-order valence-corrected chi connectivity index (χ2v) is 3.96. The maximum Gasteiger partial charge on any atom is 0.303 e. The Hall–Kier alpha value is -1.14. The van der Waals surface area contributed by atoms with Crippen LogP contribution in [-0.4, -0.2) is 43.7 Å². The molecule has 0 spiro atoms. The smallest absolute Gasteiger partial charge is 0.303 e. The molecule has 6 heteroatoms. The molecule has 0 radical (unpaired) electrons. The zero-order valence-corrected chi connectivity index (χ0v) is 10.5. The molecule has 6 nitrogen and oxygen atoms in total. The molecule has 17 heavy (non-hydrogen) atoms. The van der Waals surface area contributed by atoms with Gasteiger partial charge < -0.3 is 18.9 Å². The van der Waals surface area contributed by atoms with Gasteiger partial charge in [-0.1, -0.05) is 0 Å². The summed E-state index contributed by atoms with van der Waals surface area (Å²) in [6.45, 7) is 4.36. The summed E-state index contributed by atoms with van der Waals surface area (Å²) in [5.41, 5.74) is 0. The van der Waals surface area contributed by atoms with Gasteiger partial charge in [-0.05, 0) is 6.92 Å². The van der Waals surface area contributed by atoms with Crippen molar-refractivity contribution in [3.63, 3.8) is 0 Å². The van der Waals surface area contributed by atoms with Gasteiger partial charge in [0.15, 0.2) is 12.4 Å². The van der Waals surface area contributed by atoms with E-state index in [2.05, 4.69) is 0 Å². The van der Waals surface area contributed by atoms with Gasteiger partial charge in [0.25, 0.3) is 0 Å². The first-order valence-electron chi connectivity index (χ1n) is 5.46. The highest BCUT2D eigenvalue weighted by Gasteiger charge is 2.40. The highest BCUT2D eigenvalue weighted by molar-refractivity contribution is 5.67. The molecule has 0 aromatic heterocycles. The molecule has 0 amide bonds. The fraction of sp³-hybridized carbons (Fsp3) is 0.818. The summed E-state index contributed by atoms with van der Waals surface area (Å²) in [5.74, 6) is -0.852. The van der Waals surface area contributed by atoms with Crippen LogP contribution in [0.1, 0.15) is 27.2 Å². The molecule has 0 aromatic rings. The van der Waals surface area contributed by atoms with Crippen LogP contribution in [0, 0.1) is 0 Å². The van der Waals surface area contributed by atoms with E-state index >= 15 is 0 Å². The second kappa shape index (κ2) is 5.97. The van der Waals surface area contributed by atoms with Crippen LogP contribution in [0.5, 0.6) is 0 Å². The van der Waals surface area contributed by atoms with Crippen LogP contribution in [0.2, 0.25) is 0 Å². The van der Waals surface area contributed by atoms with Crippen molar-refractivity contribution in [3.05, 3.63) is 0 Å². The number of carbonyl (C=O) groups is 2. The van der Waals surface area contributed by atoms with Gasteiger partial charge in [-0.15, -0.1) is 0 Å². The van der Waals surface area contributed by atoms with Gasteiger partial charge >= 0.3 is 11.9 Å². The minimum absolute atomic E-state index is 0.346. The lowest BCUT2D eigenvalue weighted by Crippen LogP contribution is -2.51. The molecule has 1 rings (SSSR count). The number of ether oxygens (including phenoxy) is 4. The lowest BCUT2D eigenvalue weighted by atomic mass is 10.0. The van der Waals surface area contributed by atoms with Crippen LogP contribution >= 0.6 is 0 Å². The molecule has 0 aromatic carbocycles. The third-order valence-electron chi connectivity index (χ3n) is 2.50. The Morgan fingerprint density at radius 3 is 2.24 bits per heavy atom. The Labute approximate surface area is 100 Å². The third kappa shape index (κ3) is 3.98. The summed E-state index contributed by atoms with van der Waals surface area (Å²) >= 11 is 0. The summed E-state index contributed by atoms with van der Waals surface area (Å²) in [4.78, 5) is 22.0. The molecular weight excluding hydrogens is 228 g/mol. The summed E-state index contributed by atoms with van der Waals surface area (Å²) in [5, 5.41) is 0. The molecule has 0 aliphatic carbocycles. The van der Waals surface area contributed by atoms with Crippen molar-refractivity contribution in [1.29, 1.82) is 0 Å². The lowest BCUT2D eigenvalue weighted by Gasteiger charge is -2.38. The fourth-order valence-corrected chi connectivity index (χ4v) is 1.84. The van der Waals surface area contributed by atoms with E-state index in [1.165, 1.54) is 21.0 Å². The predicted molar refractivity (Wildman–Crippen MR) is 57.1 cm³/mol. The zero-order chi connectivity index (χ0) is 13.0. The lowest BCUT2D eigenvalue weighted by molar-refractivity contribution is -0.248. The number of esters is 2. The summed E-state index contributed by atoms with van der Waals surface area (Å²) in [7, 11) is 1.51. The summed E-state index contributed by atoms with van der Waals surface area (Å²) in [6, 6.07) is 0. The Morgan fingerprint density at radius 1 is 1.18 bits per heavy atom. The molecule has 1 aliphatic rings. The highest BCUT2D eigenvalue weighted by Crippen LogP contribution is 2.25. The van der Waals surface area contributed by atoms with E-state index in [-0.39, 0.29) is 6.10 Å². The molecule has 1 heterocycles. The largest absolute Gasteiger partial charge is 0.458 e. The van der Waals surface area contributed by atoms with E-state index < -0.39 is 30.4 Å². The second-order valence-electron chi connectivity index (χ2n) is 3.96. The van der Waals surface area contributed by atoms with E-state index in [4.69, 9.17) is 18.9 Å². The number of methoxy groups -OCH3 is 1. The van der Waals surface area contributed by atoms with E-state index in [1.807, 2.05) is 0 Å². The van der Waals surface area contributed by atoms with E-state index in [0.29, 0.717) is 6.42 Å². The number of rotatable bonds is 3. The normalized spacial score (nSPS) is 32.9. The van der Waals surface area contributed by atoms with Gasteiger partial charge in [0, 0.05) is 27.4 Å². The molecule has 1 aliphatic heterocycles. The van der Waals surface area contributed by atoms with Crippen LogP contribution in [0.4, 0.5) is 0 Å². The molecular formula is C11H18O6. The topological polar surface area (TPSA) is 71.1 Å². The Bertz CT molecular complexity index is 290. The average molecular weight is 246 g/mol. The third-order valence-corrected chi connectivity index (χ3v) is 2.50. The first kappa shape index (κ1) is 13.9. The van der Waals surface area contributed by atoms with Gasteiger partial charge in [0.05, 0.1) is 6.10 Å². The van der Waals surface area contributed by atoms with E-state index in [1.54, 1.807) is 6.92 Å². The Kier molecular flexibility index (Phi) is 4.89. The molecule has 0 N–H and O–H groups in total. The summed E-state index contributed by atoms with van der Waals surface area (Å²) in [6.07, 6.45) is -1.63. The van der Waals surface area contributed by atoms with Crippen LogP contribution in [0.25, 0.3) is 0 Å². The maximum atomic E-state index is 11.0. The summed E-state index contributed by atoms with van der Waals surface area (Å²) < 4.78 is 20.8. The Balaban J connectivity index is 2.74. The van der Waals surface area contributed by atoms with Crippen molar-refractivity contribution < 1.29 is 28.5 Å². The van der Waals surface area contributed by atoms with E-state index in [9.17, 15) is 9.59 Å². The van der Waals surface area contributed by atoms with Crippen molar-refractivity contribution in [2.75, 3.05) is 7.11 Å². The van der Waals surface area contributed by atoms with Crippen LogP contribution < -0.4 is 0 Å². The minimum atomic E-state index is -0.595. The molecule has 0 unspecified atom stereocenters. The SMILES string of the molecule is CO[C@@H]1C[C@H](OC(C)=O)[C@H](OC(C)=O)[C@H](C)O1. The first-order chi connectivity index (χ1) is 7.93. The van der Waals surface area contributed by atoms with Gasteiger partial charge in [-0.25, -0.2) is 0 Å². The van der Waals surface area contributed by atoms with Crippen LogP contribution in [0.3, 0.4) is 0 Å². The van der Waals surface area contributed by atoms with Crippen molar-refractivity contribution in [1.82, 2.24) is 0 Å². The molecule has 98 valence electrons. The number of carbonyl (C=O) groups excluding carboxylic acids is 2. The highest BCUT2D eigenvalue weighted by atomic mass is 16.7. The molecule has 1 saturated heterocycles. The van der Waals surface area contributed by atoms with Gasteiger partial charge in [0.2, 0.25) is 0 Å². The van der Waals surface area contributed by atoms with Crippen molar-refractivity contribution in [3.8, 4) is 0 Å². The molecule has 1 fully saturated rings. The molecule has 4 atom stereocenters. The van der Waals surface area contributed by atoms with Crippen molar-refractivity contribution in [2.24, 2.45) is 0 Å². The quantitative estimate of drug-likeness (QED) is 0.680. The van der Waals surface area contributed by atoms with Gasteiger partial charge in [-0.2, -0.15) is 0 Å². The molecule has 0 bridgehead atoms. The maximum absolute atomic E-state index is 11.0. The number of hydrogen-bond acceptors (Lipinski definition) is 6. The first-order valence-corrected chi connectivity index (χ1v) is 5.46. The standard InChI is InChI=1S/C11H18O6/c1-6-11(17-8(3)13)9(16-7(2)12)5-10(14-4)15-6/h6,9-11H,5H2,1-4H3/t6-,9-,10-,11+/m0/s1. The molecule has 0 saturated carbocycles. The van der Waals surface area contributed by atoms with Crippen molar-refractivity contribution in [2.45, 2.75) is 51.8 Å². The van der Waals surface area contributed by atoms with Gasteiger partial charge in [0.1, 0.15) is 6.10 Å². The van der Waals surface area contributed by atoms with Crippen LogP contribution in [-0.2, 0) is 28.5 Å².